The lowest BCUT2D eigenvalue weighted by Crippen LogP contribution is -2.51. The molecule has 5 nitrogen and oxygen atoms in total. The predicted molar refractivity (Wildman–Crippen MR) is 91.7 cm³/mol. The van der Waals surface area contributed by atoms with E-state index in [1.807, 2.05) is 4.90 Å². The van der Waals surface area contributed by atoms with Gasteiger partial charge in [-0.25, -0.2) is 0 Å². The zero-order valence-electron chi connectivity index (χ0n) is 13.6. The van der Waals surface area contributed by atoms with Crippen LogP contribution in [0.25, 0.3) is 0 Å². The molecule has 1 aromatic carbocycles. The Morgan fingerprint density at radius 3 is 2.39 bits per heavy atom. The third kappa shape index (κ3) is 5.52. The van der Waals surface area contributed by atoms with Gasteiger partial charge >= 0.3 is 0 Å². The van der Waals surface area contributed by atoms with Crippen molar-refractivity contribution in [1.82, 2.24) is 15.1 Å². The average Bonchev–Trinajstić information content (AvgIpc) is 2.56. The van der Waals surface area contributed by atoms with E-state index in [4.69, 9.17) is 11.6 Å². The standard InChI is InChI=1S/C17H24ClN3O2/c1-2-3-8-19-16(22)13-20-9-11-21(12-10-20)17(23)14-4-6-15(18)7-5-14/h4-7H,2-3,8-13H2,1H3,(H,19,22). The first-order valence-corrected chi connectivity index (χ1v) is 8.52. The number of hydrogen-bond donors (Lipinski definition) is 1. The lowest BCUT2D eigenvalue weighted by molar-refractivity contribution is -0.122. The molecule has 2 rings (SSSR count). The van der Waals surface area contributed by atoms with Crippen molar-refractivity contribution in [2.24, 2.45) is 0 Å². The SMILES string of the molecule is CCCCNC(=O)CN1CCN(C(=O)c2ccc(Cl)cc2)CC1. The number of unbranched alkanes of at least 4 members (excludes halogenated alkanes) is 1. The van der Waals surface area contributed by atoms with Gasteiger partial charge in [0.05, 0.1) is 6.54 Å². The highest BCUT2D eigenvalue weighted by molar-refractivity contribution is 6.30. The molecule has 1 aliphatic rings. The Kier molecular flexibility index (Phi) is 6.86. The quantitative estimate of drug-likeness (QED) is 0.808. The molecule has 0 saturated carbocycles. The number of nitrogens with one attached hydrogen (secondary N) is 1. The summed E-state index contributed by atoms with van der Waals surface area (Å²) in [7, 11) is 0. The van der Waals surface area contributed by atoms with Crippen molar-refractivity contribution < 1.29 is 9.59 Å². The summed E-state index contributed by atoms with van der Waals surface area (Å²) in [6.07, 6.45) is 2.08. The van der Waals surface area contributed by atoms with E-state index in [0.29, 0.717) is 30.2 Å². The normalized spacial score (nSPS) is 15.5. The van der Waals surface area contributed by atoms with Crippen molar-refractivity contribution >= 4 is 23.4 Å². The number of rotatable bonds is 6. The van der Waals surface area contributed by atoms with Crippen molar-refractivity contribution in [3.05, 3.63) is 34.9 Å². The zero-order valence-corrected chi connectivity index (χ0v) is 14.3. The van der Waals surface area contributed by atoms with Crippen LogP contribution in [0.1, 0.15) is 30.1 Å². The maximum Gasteiger partial charge on any atom is 0.253 e. The second kappa shape index (κ2) is 8.89. The summed E-state index contributed by atoms with van der Waals surface area (Å²) in [5.74, 6) is 0.0876. The molecular formula is C17H24ClN3O2. The molecule has 23 heavy (non-hydrogen) atoms. The summed E-state index contributed by atoms with van der Waals surface area (Å²) in [4.78, 5) is 28.1. The van der Waals surface area contributed by atoms with E-state index in [-0.39, 0.29) is 11.8 Å². The molecule has 126 valence electrons. The minimum atomic E-state index is 0.0220. The number of carbonyl (C=O) groups is 2. The van der Waals surface area contributed by atoms with Crippen molar-refractivity contribution in [2.45, 2.75) is 19.8 Å². The van der Waals surface area contributed by atoms with Crippen LogP contribution in [-0.2, 0) is 4.79 Å². The predicted octanol–water partition coefficient (Wildman–Crippen LogP) is 2.01. The maximum atomic E-state index is 12.4. The molecule has 0 aromatic heterocycles. The molecule has 1 aromatic rings. The summed E-state index contributed by atoms with van der Waals surface area (Å²) in [6.45, 7) is 5.98. The second-order valence-corrected chi connectivity index (χ2v) is 6.22. The number of halogens is 1. The highest BCUT2D eigenvalue weighted by Gasteiger charge is 2.23. The fraction of sp³-hybridized carbons (Fsp3) is 0.529. The fourth-order valence-corrected chi connectivity index (χ4v) is 2.67. The number of amides is 2. The molecule has 0 radical (unpaired) electrons. The van der Waals surface area contributed by atoms with Gasteiger partial charge in [0.2, 0.25) is 5.91 Å². The summed E-state index contributed by atoms with van der Waals surface area (Å²) in [6, 6.07) is 6.95. The van der Waals surface area contributed by atoms with E-state index in [1.54, 1.807) is 24.3 Å². The summed E-state index contributed by atoms with van der Waals surface area (Å²) in [5.41, 5.74) is 0.653. The maximum absolute atomic E-state index is 12.4. The molecule has 0 spiro atoms. The van der Waals surface area contributed by atoms with Gasteiger partial charge in [0.15, 0.2) is 0 Å². The summed E-state index contributed by atoms with van der Waals surface area (Å²) in [5, 5.41) is 3.55. The summed E-state index contributed by atoms with van der Waals surface area (Å²) >= 11 is 5.85. The van der Waals surface area contributed by atoms with Crippen LogP contribution in [0.5, 0.6) is 0 Å². The van der Waals surface area contributed by atoms with Gasteiger partial charge in [0.1, 0.15) is 0 Å². The molecular weight excluding hydrogens is 314 g/mol. The van der Waals surface area contributed by atoms with Crippen molar-refractivity contribution in [1.29, 1.82) is 0 Å². The molecule has 0 atom stereocenters. The first-order chi connectivity index (χ1) is 11.1. The van der Waals surface area contributed by atoms with Gasteiger partial charge in [-0.1, -0.05) is 24.9 Å². The molecule has 0 aliphatic carbocycles. The molecule has 0 bridgehead atoms. The van der Waals surface area contributed by atoms with Crippen molar-refractivity contribution in [3.8, 4) is 0 Å². The average molecular weight is 338 g/mol. The number of nitrogens with zero attached hydrogens (tertiary/aromatic N) is 2. The van der Waals surface area contributed by atoms with Crippen LogP contribution in [0, 0.1) is 0 Å². The Hall–Kier alpha value is -1.59. The molecule has 1 N–H and O–H groups in total. The van der Waals surface area contributed by atoms with Crippen molar-refractivity contribution in [3.63, 3.8) is 0 Å². The third-order valence-electron chi connectivity index (χ3n) is 3.97. The van der Waals surface area contributed by atoms with Crippen LogP contribution in [0.4, 0.5) is 0 Å². The van der Waals surface area contributed by atoms with Gasteiger partial charge in [0.25, 0.3) is 5.91 Å². The minimum absolute atomic E-state index is 0.0220. The monoisotopic (exact) mass is 337 g/mol. The van der Waals surface area contributed by atoms with Gasteiger partial charge in [-0.05, 0) is 30.7 Å². The fourth-order valence-electron chi connectivity index (χ4n) is 2.55. The van der Waals surface area contributed by atoms with Crippen molar-refractivity contribution in [2.75, 3.05) is 39.3 Å². The molecule has 6 heteroatoms. The minimum Gasteiger partial charge on any atom is -0.355 e. The van der Waals surface area contributed by atoms with Gasteiger partial charge < -0.3 is 10.2 Å². The summed E-state index contributed by atoms with van der Waals surface area (Å²) < 4.78 is 0. The molecule has 0 unspecified atom stereocenters. The van der Waals surface area contributed by atoms with Crippen LogP contribution in [-0.4, -0.2) is 60.9 Å². The molecule has 1 fully saturated rings. The molecule has 1 saturated heterocycles. The second-order valence-electron chi connectivity index (χ2n) is 5.78. The van der Waals surface area contributed by atoms with Crippen LogP contribution in [0.2, 0.25) is 5.02 Å². The van der Waals surface area contributed by atoms with Gasteiger partial charge in [-0.15, -0.1) is 0 Å². The Morgan fingerprint density at radius 2 is 1.78 bits per heavy atom. The Labute approximate surface area is 142 Å². The number of benzene rings is 1. The van der Waals surface area contributed by atoms with Crippen LogP contribution in [0.15, 0.2) is 24.3 Å². The first-order valence-electron chi connectivity index (χ1n) is 8.14. The number of hydrogen-bond acceptors (Lipinski definition) is 3. The van der Waals surface area contributed by atoms with E-state index in [0.717, 1.165) is 32.5 Å². The Balaban J connectivity index is 1.76. The topological polar surface area (TPSA) is 52.7 Å². The zero-order chi connectivity index (χ0) is 16.7. The number of piperazine rings is 1. The van der Waals surface area contributed by atoms with Crippen LogP contribution in [0.3, 0.4) is 0 Å². The van der Waals surface area contributed by atoms with E-state index in [9.17, 15) is 9.59 Å². The van der Waals surface area contributed by atoms with E-state index in [1.165, 1.54) is 0 Å². The molecule has 1 heterocycles. The Morgan fingerprint density at radius 1 is 1.13 bits per heavy atom. The lowest BCUT2D eigenvalue weighted by Gasteiger charge is -2.34. The lowest BCUT2D eigenvalue weighted by atomic mass is 10.2. The first kappa shape index (κ1) is 17.8. The highest BCUT2D eigenvalue weighted by Crippen LogP contribution is 2.13. The third-order valence-corrected chi connectivity index (χ3v) is 4.22. The largest absolute Gasteiger partial charge is 0.355 e. The number of carbonyl (C=O) groups excluding carboxylic acids is 2. The smallest absolute Gasteiger partial charge is 0.253 e. The van der Waals surface area contributed by atoms with E-state index >= 15 is 0 Å². The Bertz CT molecular complexity index is 525. The van der Waals surface area contributed by atoms with Crippen LogP contribution >= 0.6 is 11.6 Å². The van der Waals surface area contributed by atoms with E-state index in [2.05, 4.69) is 17.1 Å². The molecule has 2 amide bonds. The van der Waals surface area contributed by atoms with Crippen LogP contribution < -0.4 is 5.32 Å². The van der Waals surface area contributed by atoms with Gasteiger partial charge in [-0.2, -0.15) is 0 Å². The van der Waals surface area contributed by atoms with Gasteiger partial charge in [-0.3, -0.25) is 14.5 Å². The molecule has 1 aliphatic heterocycles. The highest BCUT2D eigenvalue weighted by atomic mass is 35.5. The van der Waals surface area contributed by atoms with Gasteiger partial charge in [0, 0.05) is 43.3 Å². The van der Waals surface area contributed by atoms with E-state index < -0.39 is 0 Å².